The zero-order valence-corrected chi connectivity index (χ0v) is 12.4. The van der Waals surface area contributed by atoms with Gasteiger partial charge in [-0.3, -0.25) is 0 Å². The van der Waals surface area contributed by atoms with Crippen molar-refractivity contribution in [3.63, 3.8) is 0 Å². The van der Waals surface area contributed by atoms with Gasteiger partial charge in [0.15, 0.2) is 0 Å². The van der Waals surface area contributed by atoms with Crippen molar-refractivity contribution in [3.8, 4) is 5.75 Å². The molecule has 0 bridgehead atoms. The highest BCUT2D eigenvalue weighted by Gasteiger charge is 2.25. The van der Waals surface area contributed by atoms with E-state index in [0.29, 0.717) is 12.0 Å². The zero-order valence-electron chi connectivity index (χ0n) is 12.4. The van der Waals surface area contributed by atoms with Crippen molar-refractivity contribution in [2.75, 3.05) is 26.2 Å². The standard InChI is InChI=1S/C16H26N2O/c1-12-5-6-13(2)16(9-12)19-8-4-7-18-10-14(3)15(17)11-18/h5-6,9,14-15H,4,7-8,10-11,17H2,1-3H3. The van der Waals surface area contributed by atoms with Crippen molar-refractivity contribution in [3.05, 3.63) is 29.3 Å². The topological polar surface area (TPSA) is 38.5 Å². The molecular weight excluding hydrogens is 236 g/mol. The van der Waals surface area contributed by atoms with Crippen LogP contribution in [0.25, 0.3) is 0 Å². The largest absolute Gasteiger partial charge is 0.493 e. The van der Waals surface area contributed by atoms with Crippen LogP contribution in [0, 0.1) is 19.8 Å². The molecule has 1 aliphatic rings. The molecule has 0 radical (unpaired) electrons. The quantitative estimate of drug-likeness (QED) is 0.828. The molecular formula is C16H26N2O. The van der Waals surface area contributed by atoms with E-state index in [-0.39, 0.29) is 0 Å². The first kappa shape index (κ1) is 14.4. The Bertz CT molecular complexity index is 409. The Kier molecular flexibility index (Phi) is 4.83. The van der Waals surface area contributed by atoms with Gasteiger partial charge in [0, 0.05) is 25.7 Å². The average Bonchev–Trinajstić information content (AvgIpc) is 2.68. The zero-order chi connectivity index (χ0) is 13.8. The minimum atomic E-state index is 0.347. The molecule has 0 spiro atoms. The number of benzene rings is 1. The minimum absolute atomic E-state index is 0.347. The predicted octanol–water partition coefficient (Wildman–Crippen LogP) is 2.35. The molecule has 1 aromatic carbocycles. The normalized spacial score (nSPS) is 23.8. The molecule has 0 amide bonds. The van der Waals surface area contributed by atoms with Crippen LogP contribution in [0.3, 0.4) is 0 Å². The van der Waals surface area contributed by atoms with Crippen LogP contribution in [-0.2, 0) is 0 Å². The van der Waals surface area contributed by atoms with Crippen molar-refractivity contribution in [1.82, 2.24) is 4.90 Å². The van der Waals surface area contributed by atoms with E-state index in [1.165, 1.54) is 11.1 Å². The summed E-state index contributed by atoms with van der Waals surface area (Å²) < 4.78 is 5.87. The Balaban J connectivity index is 1.71. The van der Waals surface area contributed by atoms with Gasteiger partial charge >= 0.3 is 0 Å². The minimum Gasteiger partial charge on any atom is -0.493 e. The lowest BCUT2D eigenvalue weighted by atomic mass is 10.1. The Labute approximate surface area is 116 Å². The van der Waals surface area contributed by atoms with Crippen LogP contribution in [0.5, 0.6) is 5.75 Å². The van der Waals surface area contributed by atoms with Gasteiger partial charge in [-0.25, -0.2) is 0 Å². The van der Waals surface area contributed by atoms with Gasteiger partial charge in [0.2, 0.25) is 0 Å². The smallest absolute Gasteiger partial charge is 0.122 e. The average molecular weight is 262 g/mol. The van der Waals surface area contributed by atoms with E-state index in [1.54, 1.807) is 0 Å². The van der Waals surface area contributed by atoms with E-state index in [4.69, 9.17) is 10.5 Å². The third-order valence-electron chi connectivity index (χ3n) is 3.97. The van der Waals surface area contributed by atoms with Crippen molar-refractivity contribution in [2.24, 2.45) is 11.7 Å². The second-order valence-corrected chi connectivity index (χ2v) is 5.87. The third-order valence-corrected chi connectivity index (χ3v) is 3.97. The molecule has 2 unspecified atom stereocenters. The van der Waals surface area contributed by atoms with E-state index in [9.17, 15) is 0 Å². The summed E-state index contributed by atoms with van der Waals surface area (Å²) in [6.07, 6.45) is 1.06. The maximum atomic E-state index is 6.03. The molecule has 1 heterocycles. The lowest BCUT2D eigenvalue weighted by Gasteiger charge is -2.16. The van der Waals surface area contributed by atoms with Crippen molar-refractivity contribution < 1.29 is 4.74 Å². The van der Waals surface area contributed by atoms with E-state index in [1.807, 2.05) is 0 Å². The molecule has 1 fully saturated rings. The first-order valence-electron chi connectivity index (χ1n) is 7.24. The molecule has 19 heavy (non-hydrogen) atoms. The van der Waals surface area contributed by atoms with Crippen molar-refractivity contribution in [2.45, 2.75) is 33.2 Å². The molecule has 1 saturated heterocycles. The summed E-state index contributed by atoms with van der Waals surface area (Å²) in [6.45, 7) is 10.5. The van der Waals surface area contributed by atoms with Gasteiger partial charge in [0.05, 0.1) is 6.61 Å². The number of likely N-dealkylation sites (tertiary alicyclic amines) is 1. The van der Waals surface area contributed by atoms with E-state index in [2.05, 4.69) is 43.9 Å². The summed E-state index contributed by atoms with van der Waals surface area (Å²) in [5, 5.41) is 0. The van der Waals surface area contributed by atoms with Gasteiger partial charge in [-0.15, -0.1) is 0 Å². The Morgan fingerprint density at radius 2 is 2.11 bits per heavy atom. The Hall–Kier alpha value is -1.06. The lowest BCUT2D eigenvalue weighted by Crippen LogP contribution is -2.29. The number of ether oxygens (including phenoxy) is 1. The molecule has 0 aliphatic carbocycles. The van der Waals surface area contributed by atoms with Gasteiger partial charge in [-0.05, 0) is 43.4 Å². The number of rotatable bonds is 5. The number of hydrogen-bond donors (Lipinski definition) is 1. The van der Waals surface area contributed by atoms with Crippen LogP contribution >= 0.6 is 0 Å². The van der Waals surface area contributed by atoms with E-state index >= 15 is 0 Å². The van der Waals surface area contributed by atoms with Crippen molar-refractivity contribution >= 4 is 0 Å². The molecule has 0 aromatic heterocycles. The maximum absolute atomic E-state index is 6.03. The Morgan fingerprint density at radius 3 is 2.79 bits per heavy atom. The summed E-state index contributed by atoms with van der Waals surface area (Å²) in [7, 11) is 0. The SMILES string of the molecule is Cc1ccc(C)c(OCCCN2CC(C)C(N)C2)c1. The highest BCUT2D eigenvalue weighted by atomic mass is 16.5. The first-order valence-corrected chi connectivity index (χ1v) is 7.24. The van der Waals surface area contributed by atoms with Gasteiger partial charge in [0.25, 0.3) is 0 Å². The van der Waals surface area contributed by atoms with Crippen LogP contribution in [0.4, 0.5) is 0 Å². The van der Waals surface area contributed by atoms with E-state index in [0.717, 1.165) is 38.4 Å². The maximum Gasteiger partial charge on any atom is 0.122 e. The number of nitrogens with zero attached hydrogens (tertiary/aromatic N) is 1. The van der Waals surface area contributed by atoms with Crippen molar-refractivity contribution in [1.29, 1.82) is 0 Å². The number of aryl methyl sites for hydroxylation is 2. The third kappa shape index (κ3) is 3.95. The van der Waals surface area contributed by atoms with Gasteiger partial charge in [-0.2, -0.15) is 0 Å². The highest BCUT2D eigenvalue weighted by Crippen LogP contribution is 2.19. The van der Waals surface area contributed by atoms with Crippen LogP contribution < -0.4 is 10.5 Å². The van der Waals surface area contributed by atoms with Gasteiger partial charge < -0.3 is 15.4 Å². The van der Waals surface area contributed by atoms with Crippen LogP contribution in [0.2, 0.25) is 0 Å². The predicted molar refractivity (Wildman–Crippen MR) is 79.6 cm³/mol. The molecule has 2 atom stereocenters. The molecule has 2 rings (SSSR count). The van der Waals surface area contributed by atoms with Gasteiger partial charge in [-0.1, -0.05) is 19.1 Å². The van der Waals surface area contributed by atoms with E-state index < -0.39 is 0 Å². The van der Waals surface area contributed by atoms with Crippen LogP contribution in [-0.4, -0.2) is 37.2 Å². The number of nitrogens with two attached hydrogens (primary N) is 1. The fourth-order valence-corrected chi connectivity index (χ4v) is 2.61. The lowest BCUT2D eigenvalue weighted by molar-refractivity contribution is 0.258. The summed E-state index contributed by atoms with van der Waals surface area (Å²) in [5.41, 5.74) is 8.49. The van der Waals surface area contributed by atoms with Gasteiger partial charge in [0.1, 0.15) is 5.75 Å². The Morgan fingerprint density at radius 1 is 1.32 bits per heavy atom. The monoisotopic (exact) mass is 262 g/mol. The molecule has 106 valence electrons. The molecule has 0 saturated carbocycles. The summed E-state index contributed by atoms with van der Waals surface area (Å²) >= 11 is 0. The summed E-state index contributed by atoms with van der Waals surface area (Å²) in [4.78, 5) is 2.45. The molecule has 1 aliphatic heterocycles. The van der Waals surface area contributed by atoms with Crippen LogP contribution in [0.1, 0.15) is 24.5 Å². The fourth-order valence-electron chi connectivity index (χ4n) is 2.61. The highest BCUT2D eigenvalue weighted by molar-refractivity contribution is 5.35. The molecule has 3 heteroatoms. The second kappa shape index (κ2) is 6.40. The molecule has 1 aromatic rings. The molecule has 3 nitrogen and oxygen atoms in total. The second-order valence-electron chi connectivity index (χ2n) is 5.87. The summed E-state index contributed by atoms with van der Waals surface area (Å²) in [5.74, 6) is 1.64. The fraction of sp³-hybridized carbons (Fsp3) is 0.625. The summed E-state index contributed by atoms with van der Waals surface area (Å²) in [6, 6.07) is 6.70. The van der Waals surface area contributed by atoms with Crippen LogP contribution in [0.15, 0.2) is 18.2 Å². The first-order chi connectivity index (χ1) is 9.06. The molecule has 2 N–H and O–H groups in total. The number of hydrogen-bond acceptors (Lipinski definition) is 3.